The predicted molar refractivity (Wildman–Crippen MR) is 75.2 cm³/mol. The van der Waals surface area contributed by atoms with E-state index in [4.69, 9.17) is 11.6 Å². The second kappa shape index (κ2) is 5.69. The molecule has 1 aliphatic carbocycles. The Hall–Kier alpha value is 0.200. The Morgan fingerprint density at radius 3 is 2.75 bits per heavy atom. The summed E-state index contributed by atoms with van der Waals surface area (Å²) in [6.45, 7) is 0. The summed E-state index contributed by atoms with van der Waals surface area (Å²) in [4.78, 5) is 4.34. The lowest BCUT2D eigenvalue weighted by atomic mass is 9.95. The highest BCUT2D eigenvalue weighted by molar-refractivity contribution is 9.11. The van der Waals surface area contributed by atoms with Crippen molar-refractivity contribution in [2.24, 2.45) is 0 Å². The molecule has 1 aliphatic rings. The molecule has 0 bridgehead atoms. The summed E-state index contributed by atoms with van der Waals surface area (Å²) in [6, 6.07) is 2.32. The molecule has 0 amide bonds. The van der Waals surface area contributed by atoms with Crippen molar-refractivity contribution in [1.82, 2.24) is 4.98 Å². The van der Waals surface area contributed by atoms with Gasteiger partial charge < -0.3 is 5.32 Å². The average molecular weight is 369 g/mol. The van der Waals surface area contributed by atoms with Crippen LogP contribution < -0.4 is 5.32 Å². The van der Waals surface area contributed by atoms with Gasteiger partial charge in [-0.2, -0.15) is 0 Å². The number of halogens is 3. The number of rotatable bonds is 2. The number of nitrogens with one attached hydrogen (secondary N) is 1. The highest BCUT2D eigenvalue weighted by Crippen LogP contribution is 2.29. The monoisotopic (exact) mass is 366 g/mol. The summed E-state index contributed by atoms with van der Waals surface area (Å²) >= 11 is 13.2. The summed E-state index contributed by atoms with van der Waals surface area (Å²) < 4.78 is 1.94. The summed E-state index contributed by atoms with van der Waals surface area (Å²) in [6.07, 6.45) is 6.49. The van der Waals surface area contributed by atoms with E-state index in [-0.39, 0.29) is 5.38 Å². The molecular weight excluding hydrogens is 355 g/mol. The molecule has 0 spiro atoms. The fraction of sp³-hybridized carbons (Fsp3) is 0.545. The van der Waals surface area contributed by atoms with Crippen LogP contribution in [-0.4, -0.2) is 16.4 Å². The smallest absolute Gasteiger partial charge is 0.140 e. The number of hydrogen-bond donors (Lipinski definition) is 1. The van der Waals surface area contributed by atoms with E-state index in [9.17, 15) is 0 Å². The van der Waals surface area contributed by atoms with Gasteiger partial charge in [-0.25, -0.2) is 4.98 Å². The number of aromatic nitrogens is 1. The molecule has 0 aliphatic heterocycles. The van der Waals surface area contributed by atoms with Crippen LogP contribution in [0.4, 0.5) is 5.82 Å². The van der Waals surface area contributed by atoms with Crippen LogP contribution in [0.25, 0.3) is 0 Å². The van der Waals surface area contributed by atoms with Crippen LogP contribution in [0.5, 0.6) is 0 Å². The fourth-order valence-corrected chi connectivity index (χ4v) is 3.39. The number of nitrogens with zero attached hydrogens (tertiary/aromatic N) is 1. The summed E-state index contributed by atoms with van der Waals surface area (Å²) in [5, 5.41) is 3.63. The zero-order valence-corrected chi connectivity index (χ0v) is 12.6. The molecule has 0 saturated heterocycles. The van der Waals surface area contributed by atoms with Gasteiger partial charge in [0.05, 0.1) is 9.85 Å². The van der Waals surface area contributed by atoms with Crippen LogP contribution in [0.3, 0.4) is 0 Å². The molecule has 88 valence electrons. The zero-order chi connectivity index (χ0) is 11.5. The highest BCUT2D eigenvalue weighted by atomic mass is 79.9. The predicted octanol–water partition coefficient (Wildman–Crippen LogP) is 4.57. The number of anilines is 1. The lowest BCUT2D eigenvalue weighted by Crippen LogP contribution is -2.33. The first-order chi connectivity index (χ1) is 7.66. The van der Waals surface area contributed by atoms with Gasteiger partial charge in [0, 0.05) is 16.7 Å². The van der Waals surface area contributed by atoms with Crippen molar-refractivity contribution in [3.8, 4) is 0 Å². The van der Waals surface area contributed by atoms with Crippen molar-refractivity contribution in [2.75, 3.05) is 5.32 Å². The molecular formula is C11H13Br2ClN2. The van der Waals surface area contributed by atoms with Crippen molar-refractivity contribution < 1.29 is 0 Å². The van der Waals surface area contributed by atoms with Gasteiger partial charge in [0.2, 0.25) is 0 Å². The van der Waals surface area contributed by atoms with Gasteiger partial charge >= 0.3 is 0 Å². The molecule has 1 N–H and O–H groups in total. The molecule has 2 rings (SSSR count). The topological polar surface area (TPSA) is 24.9 Å². The second-order valence-corrected chi connectivity index (χ2v) is 6.37. The SMILES string of the molecule is ClC1CCCCC1Nc1ncc(Br)cc1Br. The molecule has 5 heteroatoms. The Bertz CT molecular complexity index is 373. The van der Waals surface area contributed by atoms with Gasteiger partial charge in [-0.05, 0) is 50.8 Å². The second-order valence-electron chi connectivity index (χ2n) is 4.04. The summed E-state index contributed by atoms with van der Waals surface area (Å²) in [5.41, 5.74) is 0. The molecule has 0 aromatic carbocycles. The van der Waals surface area contributed by atoms with E-state index in [0.717, 1.165) is 27.6 Å². The Balaban J connectivity index is 2.07. The Kier molecular flexibility index (Phi) is 4.50. The maximum absolute atomic E-state index is 6.30. The zero-order valence-electron chi connectivity index (χ0n) is 8.72. The minimum Gasteiger partial charge on any atom is -0.365 e. The van der Waals surface area contributed by atoms with Gasteiger partial charge in [-0.15, -0.1) is 11.6 Å². The van der Waals surface area contributed by atoms with Gasteiger partial charge in [-0.3, -0.25) is 0 Å². The third kappa shape index (κ3) is 3.11. The lowest BCUT2D eigenvalue weighted by molar-refractivity contribution is 0.468. The molecule has 2 unspecified atom stereocenters. The van der Waals surface area contributed by atoms with E-state index in [1.165, 1.54) is 12.8 Å². The average Bonchev–Trinajstić information content (AvgIpc) is 2.25. The van der Waals surface area contributed by atoms with Crippen molar-refractivity contribution in [3.05, 3.63) is 21.2 Å². The molecule has 2 nitrogen and oxygen atoms in total. The van der Waals surface area contributed by atoms with Gasteiger partial charge in [-0.1, -0.05) is 12.8 Å². The van der Waals surface area contributed by atoms with Crippen LogP contribution in [0.2, 0.25) is 0 Å². The Morgan fingerprint density at radius 2 is 2.06 bits per heavy atom. The van der Waals surface area contributed by atoms with Crippen LogP contribution in [0.1, 0.15) is 25.7 Å². The van der Waals surface area contributed by atoms with E-state index < -0.39 is 0 Å². The van der Waals surface area contributed by atoms with E-state index in [1.807, 2.05) is 6.07 Å². The molecule has 1 aromatic rings. The van der Waals surface area contributed by atoms with Crippen LogP contribution in [-0.2, 0) is 0 Å². The van der Waals surface area contributed by atoms with Crippen LogP contribution in [0, 0.1) is 0 Å². The molecule has 1 fully saturated rings. The fourth-order valence-electron chi connectivity index (χ4n) is 1.94. The van der Waals surface area contributed by atoms with Gasteiger partial charge in [0.25, 0.3) is 0 Å². The Morgan fingerprint density at radius 1 is 1.31 bits per heavy atom. The van der Waals surface area contributed by atoms with Crippen LogP contribution >= 0.6 is 43.5 Å². The lowest BCUT2D eigenvalue weighted by Gasteiger charge is -2.28. The highest BCUT2D eigenvalue weighted by Gasteiger charge is 2.23. The largest absolute Gasteiger partial charge is 0.365 e. The summed E-state index contributed by atoms with van der Waals surface area (Å²) in [7, 11) is 0. The maximum Gasteiger partial charge on any atom is 0.140 e. The first kappa shape index (κ1) is 12.7. The number of alkyl halides is 1. The molecule has 1 saturated carbocycles. The quantitative estimate of drug-likeness (QED) is 0.774. The first-order valence-electron chi connectivity index (χ1n) is 5.38. The number of hydrogen-bond acceptors (Lipinski definition) is 2. The van der Waals surface area contributed by atoms with Crippen LogP contribution in [0.15, 0.2) is 21.2 Å². The molecule has 1 heterocycles. The minimum atomic E-state index is 0.214. The Labute approximate surface area is 117 Å². The molecule has 2 atom stereocenters. The summed E-state index contributed by atoms with van der Waals surface area (Å²) in [5.74, 6) is 0.876. The minimum absolute atomic E-state index is 0.214. The van der Waals surface area contributed by atoms with E-state index >= 15 is 0 Å². The van der Waals surface area contributed by atoms with Crippen molar-refractivity contribution in [3.63, 3.8) is 0 Å². The van der Waals surface area contributed by atoms with Gasteiger partial charge in [0.15, 0.2) is 0 Å². The maximum atomic E-state index is 6.30. The molecule has 0 radical (unpaired) electrons. The standard InChI is InChI=1S/C11H13Br2ClN2/c12-7-5-8(13)11(15-6-7)16-10-4-2-1-3-9(10)14/h5-6,9-10H,1-4H2,(H,15,16). The van der Waals surface area contributed by atoms with E-state index in [1.54, 1.807) is 6.20 Å². The van der Waals surface area contributed by atoms with Crippen molar-refractivity contribution in [2.45, 2.75) is 37.1 Å². The van der Waals surface area contributed by atoms with Gasteiger partial charge in [0.1, 0.15) is 5.82 Å². The van der Waals surface area contributed by atoms with Crippen molar-refractivity contribution >= 4 is 49.3 Å². The molecule has 16 heavy (non-hydrogen) atoms. The number of pyridine rings is 1. The van der Waals surface area contributed by atoms with Crippen molar-refractivity contribution in [1.29, 1.82) is 0 Å². The third-order valence-corrected chi connectivity index (χ3v) is 4.37. The normalized spacial score (nSPS) is 25.4. The van der Waals surface area contributed by atoms with E-state index in [0.29, 0.717) is 6.04 Å². The first-order valence-corrected chi connectivity index (χ1v) is 7.40. The third-order valence-electron chi connectivity index (χ3n) is 2.81. The molecule has 1 aromatic heterocycles. The van der Waals surface area contributed by atoms with E-state index in [2.05, 4.69) is 42.2 Å².